The summed E-state index contributed by atoms with van der Waals surface area (Å²) in [5.74, 6) is 1.64. The molecule has 0 aliphatic heterocycles. The van der Waals surface area contributed by atoms with Crippen molar-refractivity contribution in [2.24, 2.45) is 5.73 Å². The van der Waals surface area contributed by atoms with Crippen LogP contribution in [0.1, 0.15) is 18.9 Å². The second kappa shape index (κ2) is 6.38. The molecule has 5 nitrogen and oxygen atoms in total. The van der Waals surface area contributed by atoms with E-state index in [1.54, 1.807) is 7.11 Å². The minimum Gasteiger partial charge on any atom is -0.496 e. The highest BCUT2D eigenvalue weighted by Gasteiger charge is 2.18. The summed E-state index contributed by atoms with van der Waals surface area (Å²) in [6.45, 7) is 4.78. The van der Waals surface area contributed by atoms with Gasteiger partial charge in [0.05, 0.1) is 12.7 Å². The van der Waals surface area contributed by atoms with Gasteiger partial charge in [-0.3, -0.25) is 0 Å². The number of benzene rings is 1. The standard InChI is InChI=1S/C18H22N4O/c1-4-13(19)11-22-17(14-7-5-6-8-16(14)23-3)21-15-9-12(2)10-20-18(15)22/h5-10,13H,4,11,19H2,1-3H3. The molecule has 0 bridgehead atoms. The first-order chi connectivity index (χ1) is 11.1. The van der Waals surface area contributed by atoms with E-state index in [1.807, 2.05) is 37.4 Å². The molecule has 0 spiro atoms. The van der Waals surface area contributed by atoms with E-state index < -0.39 is 0 Å². The summed E-state index contributed by atoms with van der Waals surface area (Å²) in [7, 11) is 1.67. The Hall–Kier alpha value is -2.40. The van der Waals surface area contributed by atoms with Gasteiger partial charge in [0.2, 0.25) is 0 Å². The zero-order chi connectivity index (χ0) is 16.4. The molecule has 3 rings (SSSR count). The van der Waals surface area contributed by atoms with Crippen molar-refractivity contribution >= 4 is 11.2 Å². The van der Waals surface area contributed by atoms with Gasteiger partial charge >= 0.3 is 0 Å². The predicted molar refractivity (Wildman–Crippen MR) is 92.5 cm³/mol. The highest BCUT2D eigenvalue weighted by atomic mass is 16.5. The molecule has 5 heteroatoms. The van der Waals surface area contributed by atoms with Crippen LogP contribution in [0.4, 0.5) is 0 Å². The van der Waals surface area contributed by atoms with Crippen molar-refractivity contribution in [1.29, 1.82) is 0 Å². The van der Waals surface area contributed by atoms with Crippen LogP contribution >= 0.6 is 0 Å². The Morgan fingerprint density at radius 1 is 1.30 bits per heavy atom. The third-order valence-corrected chi connectivity index (χ3v) is 4.01. The van der Waals surface area contributed by atoms with Crippen molar-refractivity contribution < 1.29 is 4.74 Å². The van der Waals surface area contributed by atoms with Crippen molar-refractivity contribution in [2.75, 3.05) is 7.11 Å². The number of hydrogen-bond acceptors (Lipinski definition) is 4. The molecule has 0 saturated carbocycles. The van der Waals surface area contributed by atoms with Gasteiger partial charge < -0.3 is 15.0 Å². The van der Waals surface area contributed by atoms with Crippen LogP contribution in [0.2, 0.25) is 0 Å². The second-order valence-corrected chi connectivity index (χ2v) is 5.77. The molecule has 3 aromatic rings. The van der Waals surface area contributed by atoms with Crippen LogP contribution in [0.25, 0.3) is 22.6 Å². The molecule has 120 valence electrons. The highest BCUT2D eigenvalue weighted by molar-refractivity contribution is 5.79. The fraction of sp³-hybridized carbons (Fsp3) is 0.333. The van der Waals surface area contributed by atoms with Gasteiger partial charge in [-0.05, 0) is 37.1 Å². The van der Waals surface area contributed by atoms with Gasteiger partial charge in [0.25, 0.3) is 0 Å². The number of hydrogen-bond donors (Lipinski definition) is 1. The van der Waals surface area contributed by atoms with Crippen LogP contribution in [0.15, 0.2) is 36.5 Å². The van der Waals surface area contributed by atoms with E-state index in [1.165, 1.54) is 0 Å². The molecule has 0 saturated heterocycles. The van der Waals surface area contributed by atoms with E-state index in [0.29, 0.717) is 6.54 Å². The van der Waals surface area contributed by atoms with Crippen LogP contribution < -0.4 is 10.5 Å². The zero-order valence-electron chi connectivity index (χ0n) is 13.8. The van der Waals surface area contributed by atoms with E-state index in [-0.39, 0.29) is 6.04 Å². The summed E-state index contributed by atoms with van der Waals surface area (Å²) in [5.41, 5.74) is 9.98. The fourth-order valence-corrected chi connectivity index (χ4v) is 2.68. The lowest BCUT2D eigenvalue weighted by molar-refractivity contribution is 0.415. The third kappa shape index (κ3) is 2.92. The zero-order valence-corrected chi connectivity index (χ0v) is 13.8. The first-order valence-corrected chi connectivity index (χ1v) is 7.86. The molecule has 0 amide bonds. The topological polar surface area (TPSA) is 66.0 Å². The first-order valence-electron chi connectivity index (χ1n) is 7.86. The average molecular weight is 310 g/mol. The molecule has 1 atom stereocenters. The highest BCUT2D eigenvalue weighted by Crippen LogP contribution is 2.31. The molecule has 23 heavy (non-hydrogen) atoms. The number of nitrogens with two attached hydrogens (primary N) is 1. The smallest absolute Gasteiger partial charge is 0.160 e. The minimum atomic E-state index is 0.0592. The number of pyridine rings is 1. The first kappa shape index (κ1) is 15.5. The maximum absolute atomic E-state index is 6.19. The second-order valence-electron chi connectivity index (χ2n) is 5.77. The van der Waals surface area contributed by atoms with Crippen molar-refractivity contribution in [3.8, 4) is 17.1 Å². The largest absolute Gasteiger partial charge is 0.496 e. The number of ether oxygens (including phenoxy) is 1. The Bertz CT molecular complexity index is 825. The molecule has 0 fully saturated rings. The van der Waals surface area contributed by atoms with E-state index in [9.17, 15) is 0 Å². The molecular formula is C18H22N4O. The summed E-state index contributed by atoms with van der Waals surface area (Å²) in [5, 5.41) is 0. The van der Waals surface area contributed by atoms with Gasteiger partial charge in [0.1, 0.15) is 17.1 Å². The molecule has 2 heterocycles. The lowest BCUT2D eigenvalue weighted by Gasteiger charge is -2.14. The van der Waals surface area contributed by atoms with Crippen LogP contribution in [0, 0.1) is 6.92 Å². The van der Waals surface area contributed by atoms with E-state index in [2.05, 4.69) is 22.5 Å². The summed E-state index contributed by atoms with van der Waals surface area (Å²) >= 11 is 0. The van der Waals surface area contributed by atoms with Crippen molar-refractivity contribution in [2.45, 2.75) is 32.9 Å². The predicted octanol–water partition coefficient (Wildman–Crippen LogP) is 3.15. The van der Waals surface area contributed by atoms with E-state index in [0.717, 1.165) is 40.3 Å². The van der Waals surface area contributed by atoms with Crippen LogP contribution in [0.3, 0.4) is 0 Å². The molecule has 1 aromatic carbocycles. The normalized spacial score (nSPS) is 12.5. The van der Waals surface area contributed by atoms with Crippen molar-refractivity contribution in [3.63, 3.8) is 0 Å². The Morgan fingerprint density at radius 2 is 2.09 bits per heavy atom. The molecule has 1 unspecified atom stereocenters. The Kier molecular flexibility index (Phi) is 4.30. The number of methoxy groups -OCH3 is 1. The summed E-state index contributed by atoms with van der Waals surface area (Å²) in [6.07, 6.45) is 2.76. The number of nitrogens with zero attached hydrogens (tertiary/aromatic N) is 3. The number of fused-ring (bicyclic) bond motifs is 1. The van der Waals surface area contributed by atoms with Gasteiger partial charge in [0, 0.05) is 18.8 Å². The third-order valence-electron chi connectivity index (χ3n) is 4.01. The Morgan fingerprint density at radius 3 is 2.83 bits per heavy atom. The quantitative estimate of drug-likeness (QED) is 0.786. The van der Waals surface area contributed by atoms with Crippen molar-refractivity contribution in [1.82, 2.24) is 14.5 Å². The summed E-state index contributed by atoms with van der Waals surface area (Å²) < 4.78 is 7.60. The van der Waals surface area contributed by atoms with E-state index >= 15 is 0 Å². The minimum absolute atomic E-state index is 0.0592. The van der Waals surface area contributed by atoms with Gasteiger partial charge in [0.15, 0.2) is 5.65 Å². The van der Waals surface area contributed by atoms with Crippen molar-refractivity contribution in [3.05, 3.63) is 42.1 Å². The maximum atomic E-state index is 6.19. The summed E-state index contributed by atoms with van der Waals surface area (Å²) in [4.78, 5) is 9.38. The number of aromatic nitrogens is 3. The fourth-order valence-electron chi connectivity index (χ4n) is 2.68. The van der Waals surface area contributed by atoms with Crippen LogP contribution in [-0.4, -0.2) is 27.7 Å². The Balaban J connectivity index is 2.24. The number of aryl methyl sites for hydroxylation is 1. The van der Waals surface area contributed by atoms with Gasteiger partial charge in [-0.1, -0.05) is 19.1 Å². The maximum Gasteiger partial charge on any atom is 0.160 e. The van der Waals surface area contributed by atoms with Crippen LogP contribution in [-0.2, 0) is 6.54 Å². The number of para-hydroxylation sites is 1. The SMILES string of the molecule is CCC(N)Cn1c(-c2ccccc2OC)nc2cc(C)cnc21. The van der Waals surface area contributed by atoms with Gasteiger partial charge in [-0.25, -0.2) is 9.97 Å². The van der Waals surface area contributed by atoms with Gasteiger partial charge in [-0.15, -0.1) is 0 Å². The molecule has 2 aromatic heterocycles. The molecule has 0 radical (unpaired) electrons. The molecule has 0 aliphatic rings. The van der Waals surface area contributed by atoms with E-state index in [4.69, 9.17) is 15.5 Å². The molecular weight excluding hydrogens is 288 g/mol. The summed E-state index contributed by atoms with van der Waals surface area (Å²) in [6, 6.07) is 10.0. The number of imidazole rings is 1. The lowest BCUT2D eigenvalue weighted by Crippen LogP contribution is -2.25. The molecule has 0 aliphatic carbocycles. The average Bonchev–Trinajstić information content (AvgIpc) is 2.92. The monoisotopic (exact) mass is 310 g/mol. The van der Waals surface area contributed by atoms with Crippen LogP contribution in [0.5, 0.6) is 5.75 Å². The van der Waals surface area contributed by atoms with Gasteiger partial charge in [-0.2, -0.15) is 0 Å². The Labute approximate surface area is 136 Å². The molecule has 2 N–H and O–H groups in total. The number of rotatable bonds is 5. The lowest BCUT2D eigenvalue weighted by atomic mass is 10.1.